The standard InChI is InChI=1S/C13H14N2OS/c1-9(14)13-15-11(8-17-13)12(16)7-10-5-3-2-4-6-10/h2-6,8-9H,7,14H2,1H3. The number of rotatable bonds is 4. The van der Waals surface area contributed by atoms with E-state index in [1.54, 1.807) is 5.38 Å². The summed E-state index contributed by atoms with van der Waals surface area (Å²) in [7, 11) is 0. The highest BCUT2D eigenvalue weighted by atomic mass is 32.1. The first kappa shape index (κ1) is 12.0. The number of nitrogens with two attached hydrogens (primary N) is 1. The van der Waals surface area contributed by atoms with Gasteiger partial charge in [0.15, 0.2) is 5.78 Å². The predicted octanol–water partition coefficient (Wildman–Crippen LogP) is 2.59. The average Bonchev–Trinajstić information content (AvgIpc) is 2.79. The van der Waals surface area contributed by atoms with Gasteiger partial charge in [-0.3, -0.25) is 4.79 Å². The number of aromatic nitrogens is 1. The molecule has 1 aromatic carbocycles. The van der Waals surface area contributed by atoms with Crippen LogP contribution < -0.4 is 5.73 Å². The number of hydrogen-bond acceptors (Lipinski definition) is 4. The molecule has 17 heavy (non-hydrogen) atoms. The lowest BCUT2D eigenvalue weighted by molar-refractivity contribution is 0.0988. The zero-order valence-corrected chi connectivity index (χ0v) is 10.4. The molecule has 3 nitrogen and oxygen atoms in total. The number of hydrogen-bond donors (Lipinski definition) is 1. The maximum absolute atomic E-state index is 12.0. The summed E-state index contributed by atoms with van der Waals surface area (Å²) >= 11 is 1.44. The van der Waals surface area contributed by atoms with Crippen LogP contribution in [0, 0.1) is 0 Å². The molecule has 0 spiro atoms. The lowest BCUT2D eigenvalue weighted by Crippen LogP contribution is -2.07. The van der Waals surface area contributed by atoms with E-state index in [-0.39, 0.29) is 11.8 Å². The molecule has 4 heteroatoms. The van der Waals surface area contributed by atoms with Crippen molar-refractivity contribution in [3.8, 4) is 0 Å². The minimum Gasteiger partial charge on any atom is -0.322 e. The Bertz CT molecular complexity index is 505. The van der Waals surface area contributed by atoms with Gasteiger partial charge in [-0.15, -0.1) is 11.3 Å². The van der Waals surface area contributed by atoms with Crippen molar-refractivity contribution < 1.29 is 4.79 Å². The lowest BCUT2D eigenvalue weighted by Gasteiger charge is -1.99. The summed E-state index contributed by atoms with van der Waals surface area (Å²) in [4.78, 5) is 16.2. The van der Waals surface area contributed by atoms with Crippen LogP contribution in [0.1, 0.15) is 34.0 Å². The molecule has 88 valence electrons. The maximum atomic E-state index is 12.0. The Kier molecular flexibility index (Phi) is 3.66. The molecule has 0 aliphatic rings. The Balaban J connectivity index is 2.10. The highest BCUT2D eigenvalue weighted by Gasteiger charge is 2.12. The summed E-state index contributed by atoms with van der Waals surface area (Å²) in [5.41, 5.74) is 7.24. The molecule has 1 aromatic heterocycles. The number of Topliss-reactive ketones (excluding diaryl/α,β-unsaturated/α-hetero) is 1. The third-order valence-electron chi connectivity index (χ3n) is 2.40. The van der Waals surface area contributed by atoms with Crippen LogP contribution >= 0.6 is 11.3 Å². The van der Waals surface area contributed by atoms with Crippen molar-refractivity contribution in [2.45, 2.75) is 19.4 Å². The molecule has 0 fully saturated rings. The van der Waals surface area contributed by atoms with Crippen LogP contribution in [0.25, 0.3) is 0 Å². The van der Waals surface area contributed by atoms with E-state index in [0.717, 1.165) is 10.6 Å². The normalized spacial score (nSPS) is 12.4. The summed E-state index contributed by atoms with van der Waals surface area (Å²) in [6.07, 6.45) is 0.392. The van der Waals surface area contributed by atoms with Crippen LogP contribution in [0.5, 0.6) is 0 Å². The maximum Gasteiger partial charge on any atom is 0.186 e. The zero-order chi connectivity index (χ0) is 12.3. The van der Waals surface area contributed by atoms with Crippen LogP contribution in [-0.4, -0.2) is 10.8 Å². The van der Waals surface area contributed by atoms with Gasteiger partial charge in [0.25, 0.3) is 0 Å². The van der Waals surface area contributed by atoms with Crippen LogP contribution in [0.2, 0.25) is 0 Å². The fourth-order valence-corrected chi connectivity index (χ4v) is 2.28. The third kappa shape index (κ3) is 2.99. The Morgan fingerprint density at radius 2 is 2.12 bits per heavy atom. The van der Waals surface area contributed by atoms with Crippen LogP contribution in [0.3, 0.4) is 0 Å². The Morgan fingerprint density at radius 3 is 2.71 bits per heavy atom. The third-order valence-corrected chi connectivity index (χ3v) is 3.45. The molecule has 1 unspecified atom stereocenters. The number of nitrogens with zero attached hydrogens (tertiary/aromatic N) is 1. The second-order valence-electron chi connectivity index (χ2n) is 3.95. The van der Waals surface area contributed by atoms with Crippen molar-refractivity contribution in [1.29, 1.82) is 0 Å². The number of carbonyl (C=O) groups excluding carboxylic acids is 1. The molecule has 2 aromatic rings. The molecule has 0 radical (unpaired) electrons. The van der Waals surface area contributed by atoms with E-state index < -0.39 is 0 Å². The van der Waals surface area contributed by atoms with E-state index in [9.17, 15) is 4.79 Å². The Hall–Kier alpha value is -1.52. The van der Waals surface area contributed by atoms with Crippen molar-refractivity contribution in [3.63, 3.8) is 0 Å². The Morgan fingerprint density at radius 1 is 1.41 bits per heavy atom. The monoisotopic (exact) mass is 246 g/mol. The molecule has 0 aliphatic carbocycles. The fourth-order valence-electron chi connectivity index (χ4n) is 1.50. The van der Waals surface area contributed by atoms with Crippen molar-refractivity contribution in [2.24, 2.45) is 5.73 Å². The average molecular weight is 246 g/mol. The molecule has 2 rings (SSSR count). The van der Waals surface area contributed by atoms with Gasteiger partial charge in [0.2, 0.25) is 0 Å². The van der Waals surface area contributed by atoms with Crippen LogP contribution in [0.4, 0.5) is 0 Å². The smallest absolute Gasteiger partial charge is 0.186 e. The van der Waals surface area contributed by atoms with E-state index in [0.29, 0.717) is 12.1 Å². The van der Waals surface area contributed by atoms with Gasteiger partial charge in [0, 0.05) is 11.8 Å². The molecular formula is C13H14N2OS. The van der Waals surface area contributed by atoms with E-state index in [1.807, 2.05) is 37.3 Å². The zero-order valence-electron chi connectivity index (χ0n) is 9.59. The van der Waals surface area contributed by atoms with Gasteiger partial charge in [-0.25, -0.2) is 4.98 Å². The molecule has 2 N–H and O–H groups in total. The van der Waals surface area contributed by atoms with Gasteiger partial charge in [0.1, 0.15) is 10.7 Å². The summed E-state index contributed by atoms with van der Waals surface area (Å²) in [6.45, 7) is 1.87. The molecule has 0 saturated carbocycles. The number of ketones is 1. The SMILES string of the molecule is CC(N)c1nc(C(=O)Cc2ccccc2)cs1. The Labute approximate surface area is 104 Å². The first-order valence-corrected chi connectivity index (χ1v) is 6.33. The number of benzene rings is 1. The topological polar surface area (TPSA) is 56.0 Å². The molecule has 0 saturated heterocycles. The van der Waals surface area contributed by atoms with Gasteiger partial charge >= 0.3 is 0 Å². The highest BCUT2D eigenvalue weighted by molar-refractivity contribution is 7.09. The number of thiazole rings is 1. The quantitative estimate of drug-likeness (QED) is 0.844. The van der Waals surface area contributed by atoms with Crippen molar-refractivity contribution in [2.75, 3.05) is 0 Å². The second kappa shape index (κ2) is 5.21. The summed E-state index contributed by atoms with van der Waals surface area (Å²) in [5, 5.41) is 2.59. The van der Waals surface area contributed by atoms with E-state index in [1.165, 1.54) is 11.3 Å². The lowest BCUT2D eigenvalue weighted by atomic mass is 10.1. The number of carbonyl (C=O) groups is 1. The largest absolute Gasteiger partial charge is 0.322 e. The van der Waals surface area contributed by atoms with E-state index in [4.69, 9.17) is 5.73 Å². The van der Waals surface area contributed by atoms with Crippen molar-refractivity contribution >= 4 is 17.1 Å². The van der Waals surface area contributed by atoms with Crippen LogP contribution in [0.15, 0.2) is 35.7 Å². The molecule has 0 aliphatic heterocycles. The minimum atomic E-state index is -0.113. The molecular weight excluding hydrogens is 232 g/mol. The fraction of sp³-hybridized carbons (Fsp3) is 0.231. The first-order valence-electron chi connectivity index (χ1n) is 5.45. The van der Waals surface area contributed by atoms with Gasteiger partial charge < -0.3 is 5.73 Å². The van der Waals surface area contributed by atoms with E-state index >= 15 is 0 Å². The molecule has 1 atom stereocenters. The van der Waals surface area contributed by atoms with Crippen molar-refractivity contribution in [3.05, 3.63) is 52.0 Å². The first-order chi connectivity index (χ1) is 8.16. The van der Waals surface area contributed by atoms with Crippen molar-refractivity contribution in [1.82, 2.24) is 4.98 Å². The van der Waals surface area contributed by atoms with Gasteiger partial charge in [-0.1, -0.05) is 30.3 Å². The van der Waals surface area contributed by atoms with Crippen LogP contribution in [-0.2, 0) is 6.42 Å². The van der Waals surface area contributed by atoms with Gasteiger partial charge in [-0.05, 0) is 12.5 Å². The second-order valence-corrected chi connectivity index (χ2v) is 4.83. The van der Waals surface area contributed by atoms with Gasteiger partial charge in [0.05, 0.1) is 6.04 Å². The molecule has 1 heterocycles. The highest BCUT2D eigenvalue weighted by Crippen LogP contribution is 2.17. The molecule has 0 amide bonds. The predicted molar refractivity (Wildman–Crippen MR) is 69.2 cm³/mol. The van der Waals surface area contributed by atoms with Gasteiger partial charge in [-0.2, -0.15) is 0 Å². The summed E-state index contributed by atoms with van der Waals surface area (Å²) in [5.74, 6) is 0.0411. The molecule has 0 bridgehead atoms. The minimum absolute atomic E-state index is 0.0411. The van der Waals surface area contributed by atoms with E-state index in [2.05, 4.69) is 4.98 Å². The summed E-state index contributed by atoms with van der Waals surface area (Å²) in [6, 6.07) is 9.56. The summed E-state index contributed by atoms with van der Waals surface area (Å²) < 4.78 is 0.